The van der Waals surface area contributed by atoms with Crippen LogP contribution in [-0.2, 0) is 17.5 Å². The van der Waals surface area contributed by atoms with Gasteiger partial charge in [0, 0.05) is 44.5 Å². The third kappa shape index (κ3) is 4.48. The maximum Gasteiger partial charge on any atom is 0.416 e. The fourth-order valence-corrected chi connectivity index (χ4v) is 3.82. The molecule has 3 aromatic rings. The topological polar surface area (TPSA) is 72.3 Å². The summed E-state index contributed by atoms with van der Waals surface area (Å²) in [5.41, 5.74) is 1.33. The highest BCUT2D eigenvalue weighted by molar-refractivity contribution is 5.89. The van der Waals surface area contributed by atoms with Gasteiger partial charge in [-0.25, -0.2) is 9.78 Å². The summed E-state index contributed by atoms with van der Waals surface area (Å²) < 4.78 is 45.4. The number of nitrogens with one attached hydrogen (secondary N) is 1. The Morgan fingerprint density at radius 3 is 2.74 bits per heavy atom. The standard InChI is InChI=1S/C21H22F3N5O2/c1-31-11-10-29-18-12-25-8-6-17(18)27-19(29)14-7-9-28(13-14)20(30)26-16-4-2-15(3-5-16)21(22,23)24/h2-6,8,12,14H,7,9-11,13H2,1H3,(H,26,30). The summed E-state index contributed by atoms with van der Waals surface area (Å²) >= 11 is 0. The minimum absolute atomic E-state index is 0.0441. The molecule has 0 aliphatic carbocycles. The number of aromatic nitrogens is 3. The van der Waals surface area contributed by atoms with Gasteiger partial charge in [-0.15, -0.1) is 0 Å². The summed E-state index contributed by atoms with van der Waals surface area (Å²) in [5, 5.41) is 2.67. The quantitative estimate of drug-likeness (QED) is 0.657. The van der Waals surface area contributed by atoms with Gasteiger partial charge in [0.1, 0.15) is 5.82 Å². The van der Waals surface area contributed by atoms with Crippen LogP contribution in [0.5, 0.6) is 0 Å². The molecule has 1 atom stereocenters. The molecular formula is C21H22F3N5O2. The molecule has 1 N–H and O–H groups in total. The van der Waals surface area contributed by atoms with Crippen LogP contribution >= 0.6 is 0 Å². The Labute approximate surface area is 176 Å². The molecule has 164 valence electrons. The third-order valence-corrected chi connectivity index (χ3v) is 5.40. The Balaban J connectivity index is 1.46. The van der Waals surface area contributed by atoms with Crippen LogP contribution in [0.1, 0.15) is 23.7 Å². The summed E-state index contributed by atoms with van der Waals surface area (Å²) in [6.45, 7) is 2.15. The van der Waals surface area contributed by atoms with Crippen molar-refractivity contribution in [2.45, 2.75) is 25.1 Å². The van der Waals surface area contributed by atoms with E-state index in [0.717, 1.165) is 35.4 Å². The second-order valence-corrected chi connectivity index (χ2v) is 7.42. The number of hydrogen-bond donors (Lipinski definition) is 1. The molecule has 10 heteroatoms. The van der Waals surface area contributed by atoms with Crippen LogP contribution in [0.4, 0.5) is 23.7 Å². The van der Waals surface area contributed by atoms with Gasteiger partial charge in [0.05, 0.1) is 29.4 Å². The Hall–Kier alpha value is -3.14. The first-order valence-corrected chi connectivity index (χ1v) is 9.89. The van der Waals surface area contributed by atoms with Crippen LogP contribution in [-0.4, -0.2) is 52.3 Å². The summed E-state index contributed by atoms with van der Waals surface area (Å²) in [6, 6.07) is 5.93. The first-order chi connectivity index (χ1) is 14.9. The summed E-state index contributed by atoms with van der Waals surface area (Å²) in [6.07, 6.45) is -0.206. The lowest BCUT2D eigenvalue weighted by Gasteiger charge is -2.18. The van der Waals surface area contributed by atoms with Gasteiger partial charge in [0.15, 0.2) is 0 Å². The lowest BCUT2D eigenvalue weighted by molar-refractivity contribution is -0.137. The van der Waals surface area contributed by atoms with Crippen LogP contribution < -0.4 is 5.32 Å². The van der Waals surface area contributed by atoms with E-state index >= 15 is 0 Å². The molecule has 0 bridgehead atoms. The number of likely N-dealkylation sites (tertiary alicyclic amines) is 1. The molecule has 2 amide bonds. The predicted octanol–water partition coefficient (Wildman–Crippen LogP) is 4.12. The SMILES string of the molecule is COCCn1c(C2CCN(C(=O)Nc3ccc(C(F)(F)F)cc3)C2)nc2ccncc21. The Morgan fingerprint density at radius 1 is 1.26 bits per heavy atom. The number of anilines is 1. The molecule has 1 fully saturated rings. The average molecular weight is 433 g/mol. The van der Waals surface area contributed by atoms with Crippen molar-refractivity contribution in [3.05, 3.63) is 54.1 Å². The zero-order valence-corrected chi connectivity index (χ0v) is 16.9. The molecule has 1 aliphatic rings. The number of benzene rings is 1. The van der Waals surface area contributed by atoms with Gasteiger partial charge in [-0.2, -0.15) is 13.2 Å². The van der Waals surface area contributed by atoms with E-state index in [1.165, 1.54) is 12.1 Å². The second kappa shape index (κ2) is 8.54. The number of imidazole rings is 1. The van der Waals surface area contributed by atoms with Gasteiger partial charge in [0.2, 0.25) is 0 Å². The van der Waals surface area contributed by atoms with E-state index in [4.69, 9.17) is 9.72 Å². The fourth-order valence-electron chi connectivity index (χ4n) is 3.82. The van der Waals surface area contributed by atoms with E-state index in [-0.39, 0.29) is 11.9 Å². The van der Waals surface area contributed by atoms with E-state index < -0.39 is 11.7 Å². The van der Waals surface area contributed by atoms with Gasteiger partial charge in [0.25, 0.3) is 0 Å². The molecule has 1 aliphatic heterocycles. The van der Waals surface area contributed by atoms with E-state index in [1.807, 2.05) is 6.07 Å². The summed E-state index contributed by atoms with van der Waals surface area (Å²) in [5.74, 6) is 0.924. The number of halogens is 3. The van der Waals surface area contributed by atoms with Gasteiger partial charge in [-0.3, -0.25) is 4.98 Å². The van der Waals surface area contributed by atoms with Crippen molar-refractivity contribution in [2.75, 3.05) is 32.1 Å². The van der Waals surface area contributed by atoms with E-state index in [2.05, 4.69) is 14.9 Å². The zero-order chi connectivity index (χ0) is 22.0. The van der Waals surface area contributed by atoms with Crippen molar-refractivity contribution in [2.24, 2.45) is 0 Å². The molecule has 3 heterocycles. The van der Waals surface area contributed by atoms with Crippen molar-refractivity contribution in [3.8, 4) is 0 Å². The molecule has 2 aromatic heterocycles. The molecular weight excluding hydrogens is 411 g/mol. The third-order valence-electron chi connectivity index (χ3n) is 5.40. The van der Waals surface area contributed by atoms with Crippen LogP contribution in [0, 0.1) is 0 Å². The smallest absolute Gasteiger partial charge is 0.383 e. The number of urea groups is 1. The maximum atomic E-state index is 12.7. The van der Waals surface area contributed by atoms with Crippen molar-refractivity contribution in [1.82, 2.24) is 19.4 Å². The van der Waals surface area contributed by atoms with E-state index in [1.54, 1.807) is 24.4 Å². The molecule has 0 saturated carbocycles. The lowest BCUT2D eigenvalue weighted by Crippen LogP contribution is -2.33. The predicted molar refractivity (Wildman–Crippen MR) is 109 cm³/mol. The first kappa shape index (κ1) is 21.1. The number of rotatable bonds is 5. The number of ether oxygens (including phenoxy) is 1. The Bertz CT molecular complexity index is 1070. The highest BCUT2D eigenvalue weighted by Gasteiger charge is 2.32. The van der Waals surface area contributed by atoms with Crippen LogP contribution in [0.15, 0.2) is 42.7 Å². The first-order valence-electron chi connectivity index (χ1n) is 9.89. The van der Waals surface area contributed by atoms with E-state index in [9.17, 15) is 18.0 Å². The van der Waals surface area contributed by atoms with Crippen molar-refractivity contribution < 1.29 is 22.7 Å². The van der Waals surface area contributed by atoms with Crippen LogP contribution in [0.3, 0.4) is 0 Å². The zero-order valence-electron chi connectivity index (χ0n) is 16.9. The number of carbonyl (C=O) groups is 1. The number of amides is 2. The van der Waals surface area contributed by atoms with Crippen LogP contribution in [0.25, 0.3) is 11.0 Å². The van der Waals surface area contributed by atoms with Gasteiger partial charge < -0.3 is 19.5 Å². The monoisotopic (exact) mass is 433 g/mol. The highest BCUT2D eigenvalue weighted by Crippen LogP contribution is 2.31. The number of carbonyl (C=O) groups excluding carboxylic acids is 1. The number of hydrogen-bond acceptors (Lipinski definition) is 4. The second-order valence-electron chi connectivity index (χ2n) is 7.42. The number of nitrogens with zero attached hydrogens (tertiary/aromatic N) is 4. The van der Waals surface area contributed by atoms with Crippen LogP contribution in [0.2, 0.25) is 0 Å². The Morgan fingerprint density at radius 2 is 2.03 bits per heavy atom. The molecule has 31 heavy (non-hydrogen) atoms. The van der Waals surface area contributed by atoms with Crippen molar-refractivity contribution in [3.63, 3.8) is 0 Å². The number of fused-ring (bicyclic) bond motifs is 1. The molecule has 7 nitrogen and oxygen atoms in total. The fraction of sp³-hybridized carbons (Fsp3) is 0.381. The number of pyridine rings is 1. The molecule has 1 saturated heterocycles. The van der Waals surface area contributed by atoms with Gasteiger partial charge in [-0.1, -0.05) is 0 Å². The molecule has 4 rings (SSSR count). The highest BCUT2D eigenvalue weighted by atomic mass is 19.4. The summed E-state index contributed by atoms with van der Waals surface area (Å²) in [7, 11) is 1.64. The van der Waals surface area contributed by atoms with E-state index in [0.29, 0.717) is 31.9 Å². The normalized spacial score (nSPS) is 16.8. The molecule has 0 spiro atoms. The van der Waals surface area contributed by atoms with Gasteiger partial charge >= 0.3 is 12.2 Å². The summed E-state index contributed by atoms with van der Waals surface area (Å²) in [4.78, 5) is 23.2. The maximum absolute atomic E-state index is 12.7. The van der Waals surface area contributed by atoms with Crippen molar-refractivity contribution in [1.29, 1.82) is 0 Å². The average Bonchev–Trinajstić information content (AvgIpc) is 3.37. The minimum atomic E-state index is -4.41. The minimum Gasteiger partial charge on any atom is -0.383 e. The number of methoxy groups -OCH3 is 1. The number of alkyl halides is 3. The molecule has 1 unspecified atom stereocenters. The van der Waals surface area contributed by atoms with Gasteiger partial charge in [-0.05, 0) is 36.8 Å². The Kier molecular flexibility index (Phi) is 5.81. The molecule has 0 radical (unpaired) electrons. The largest absolute Gasteiger partial charge is 0.416 e. The molecule has 1 aromatic carbocycles. The lowest BCUT2D eigenvalue weighted by atomic mass is 10.1. The van der Waals surface area contributed by atoms with Crippen molar-refractivity contribution >= 4 is 22.8 Å².